The van der Waals surface area contributed by atoms with Gasteiger partial charge in [-0.3, -0.25) is 10.1 Å². The third-order valence-corrected chi connectivity index (χ3v) is 5.16. The van der Waals surface area contributed by atoms with Crippen LogP contribution >= 0.6 is 0 Å². The molecule has 0 spiro atoms. The number of aliphatic hydroxyl groups is 1. The van der Waals surface area contributed by atoms with Crippen LogP contribution in [0.25, 0.3) is 0 Å². The van der Waals surface area contributed by atoms with Gasteiger partial charge in [0, 0.05) is 0 Å². The van der Waals surface area contributed by atoms with Gasteiger partial charge in [-0.15, -0.1) is 5.10 Å². The van der Waals surface area contributed by atoms with Crippen molar-refractivity contribution in [3.05, 3.63) is 69.0 Å². The maximum absolute atomic E-state index is 12.6. The van der Waals surface area contributed by atoms with E-state index in [-0.39, 0.29) is 47.7 Å². The Morgan fingerprint density at radius 3 is 2.39 bits per heavy atom. The van der Waals surface area contributed by atoms with Crippen LogP contribution in [0.2, 0.25) is 0 Å². The number of benzene rings is 2. The molecule has 3 rings (SSSR count). The number of nitrogens with zero attached hydrogens (tertiary/aromatic N) is 4. The van der Waals surface area contributed by atoms with Gasteiger partial charge in [0.1, 0.15) is 17.5 Å². The molecule has 0 amide bonds. The minimum atomic E-state index is -1.67. The Morgan fingerprint density at radius 2 is 1.83 bits per heavy atom. The number of rotatable bonds is 11. The summed E-state index contributed by atoms with van der Waals surface area (Å²) in [6.07, 6.45) is -1.94. The maximum atomic E-state index is 12.6. The first-order valence-corrected chi connectivity index (χ1v) is 11.1. The maximum Gasteiger partial charge on any atom is 0.360 e. The number of nitro groups is 1. The number of carbonyl (C=O) groups excluding carboxylic acids is 1. The van der Waals surface area contributed by atoms with E-state index in [1.807, 2.05) is 0 Å². The minimum Gasteiger partial charge on any atom is -0.497 e. The lowest BCUT2D eigenvalue weighted by Crippen LogP contribution is -2.17. The number of methoxy groups -OCH3 is 2. The van der Waals surface area contributed by atoms with Crippen LogP contribution in [0.3, 0.4) is 0 Å². The lowest BCUT2D eigenvalue weighted by molar-refractivity contribution is -0.386. The first-order valence-electron chi connectivity index (χ1n) is 11.1. The van der Waals surface area contributed by atoms with Crippen molar-refractivity contribution < 1.29 is 33.8 Å². The molecule has 1 atom stereocenters. The van der Waals surface area contributed by atoms with E-state index >= 15 is 0 Å². The molecule has 12 heteroatoms. The Labute approximate surface area is 207 Å². The number of hydrogen-bond acceptors (Lipinski definition) is 10. The molecular weight excluding hydrogens is 472 g/mol. The molecule has 36 heavy (non-hydrogen) atoms. The molecule has 12 nitrogen and oxygen atoms in total. The van der Waals surface area contributed by atoms with Gasteiger partial charge in [0.15, 0.2) is 17.2 Å². The molecule has 1 heterocycles. The van der Waals surface area contributed by atoms with Crippen LogP contribution < -0.4 is 14.2 Å². The molecule has 3 aromatic rings. The zero-order valence-corrected chi connectivity index (χ0v) is 20.6. The van der Waals surface area contributed by atoms with E-state index in [9.17, 15) is 20.0 Å². The highest BCUT2D eigenvalue weighted by Crippen LogP contribution is 2.40. The van der Waals surface area contributed by atoms with Crippen molar-refractivity contribution in [3.8, 4) is 17.2 Å². The summed E-state index contributed by atoms with van der Waals surface area (Å²) < 4.78 is 22.5. The summed E-state index contributed by atoms with van der Waals surface area (Å²) in [5.74, 6) is 0.152. The van der Waals surface area contributed by atoms with Crippen LogP contribution in [0.1, 0.15) is 54.2 Å². The van der Waals surface area contributed by atoms with E-state index in [2.05, 4.69) is 10.3 Å². The average molecular weight is 501 g/mol. The molecule has 0 fully saturated rings. The quantitative estimate of drug-likeness (QED) is 0.236. The predicted octanol–water partition coefficient (Wildman–Crippen LogP) is 3.30. The van der Waals surface area contributed by atoms with Gasteiger partial charge in [-0.25, -0.2) is 9.48 Å². The highest BCUT2D eigenvalue weighted by molar-refractivity contribution is 5.88. The van der Waals surface area contributed by atoms with Crippen molar-refractivity contribution in [2.75, 3.05) is 20.8 Å². The number of esters is 1. The minimum absolute atomic E-state index is 0.0630. The second kappa shape index (κ2) is 11.5. The molecule has 2 aromatic carbocycles. The highest BCUT2D eigenvalue weighted by atomic mass is 16.6. The first kappa shape index (κ1) is 26.4. The van der Waals surface area contributed by atoms with E-state index in [0.717, 1.165) is 5.56 Å². The number of aliphatic hydroxyl groups excluding tert-OH is 1. The zero-order valence-electron chi connectivity index (χ0n) is 20.6. The normalized spacial score (nSPS) is 11.8. The third kappa shape index (κ3) is 5.71. The Hall–Kier alpha value is -4.19. The van der Waals surface area contributed by atoms with Gasteiger partial charge in [-0.1, -0.05) is 17.3 Å². The summed E-state index contributed by atoms with van der Waals surface area (Å²) in [6.45, 7) is 5.34. The molecule has 1 aromatic heterocycles. The molecule has 0 radical (unpaired) electrons. The van der Waals surface area contributed by atoms with Crippen LogP contribution in [0.4, 0.5) is 5.69 Å². The number of carbonyl (C=O) groups is 1. The second-order valence-electron chi connectivity index (χ2n) is 7.94. The van der Waals surface area contributed by atoms with Gasteiger partial charge >= 0.3 is 5.97 Å². The molecular formula is C24H28N4O8. The van der Waals surface area contributed by atoms with E-state index < -0.39 is 22.7 Å². The fraction of sp³-hybridized carbons (Fsp3) is 0.375. The monoisotopic (exact) mass is 500 g/mol. The molecule has 0 saturated heterocycles. The van der Waals surface area contributed by atoms with E-state index in [1.165, 1.54) is 23.9 Å². The van der Waals surface area contributed by atoms with Crippen LogP contribution in [0, 0.1) is 10.1 Å². The molecule has 0 saturated carbocycles. The van der Waals surface area contributed by atoms with Gasteiger partial charge in [0.2, 0.25) is 0 Å². The molecule has 192 valence electrons. The fourth-order valence-corrected chi connectivity index (χ4v) is 3.55. The van der Waals surface area contributed by atoms with Gasteiger partial charge in [-0.05, 0) is 44.5 Å². The predicted molar refractivity (Wildman–Crippen MR) is 128 cm³/mol. The number of aromatic nitrogens is 3. The Bertz CT molecular complexity index is 1220. The Balaban J connectivity index is 2.15. The zero-order chi connectivity index (χ0) is 26.4. The lowest BCUT2D eigenvalue weighted by atomic mass is 10.0. The van der Waals surface area contributed by atoms with Crippen LogP contribution in [0.15, 0.2) is 36.4 Å². The van der Waals surface area contributed by atoms with E-state index in [0.29, 0.717) is 5.75 Å². The summed E-state index contributed by atoms with van der Waals surface area (Å²) in [6, 6.07) is 9.54. The third-order valence-electron chi connectivity index (χ3n) is 5.16. The Kier molecular flexibility index (Phi) is 8.43. The smallest absolute Gasteiger partial charge is 0.360 e. The van der Waals surface area contributed by atoms with Crippen molar-refractivity contribution in [2.45, 2.75) is 39.5 Å². The first-order chi connectivity index (χ1) is 17.2. The molecule has 1 unspecified atom stereocenters. The molecule has 0 aliphatic rings. The summed E-state index contributed by atoms with van der Waals surface area (Å²) in [5, 5.41) is 31.3. The van der Waals surface area contributed by atoms with Crippen molar-refractivity contribution in [3.63, 3.8) is 0 Å². The SMILES string of the molecule is CCOC(=O)c1nnn(Cc2ccc(OC)cc2)c1C(O)c1cc(OC)c(OC(C)C)cc1[N+](=O)[O-]. The number of ether oxygens (including phenoxy) is 4. The lowest BCUT2D eigenvalue weighted by Gasteiger charge is -2.18. The standard InChI is InChI=1S/C24H28N4O8/c1-6-35-24(30)21-22(27(26-25-21)13-15-7-9-16(33-4)10-8-15)23(29)17-11-19(34-5)20(36-14(2)3)12-18(17)28(31)32/h7-12,14,23,29H,6,13H2,1-5H3. The van der Waals surface area contributed by atoms with E-state index in [4.69, 9.17) is 18.9 Å². The summed E-state index contributed by atoms with van der Waals surface area (Å²) in [4.78, 5) is 23.9. The number of hydrogen-bond donors (Lipinski definition) is 1. The fourth-order valence-electron chi connectivity index (χ4n) is 3.55. The van der Waals surface area contributed by atoms with Crippen molar-refractivity contribution in [1.82, 2.24) is 15.0 Å². The molecule has 1 N–H and O–H groups in total. The summed E-state index contributed by atoms with van der Waals surface area (Å²) in [7, 11) is 2.93. The summed E-state index contributed by atoms with van der Waals surface area (Å²) >= 11 is 0. The largest absolute Gasteiger partial charge is 0.497 e. The topological polar surface area (TPSA) is 148 Å². The molecule has 0 bridgehead atoms. The van der Waals surface area contributed by atoms with Gasteiger partial charge in [0.05, 0.1) is 50.0 Å². The van der Waals surface area contributed by atoms with E-state index in [1.54, 1.807) is 52.1 Å². The molecule has 0 aliphatic heterocycles. The van der Waals surface area contributed by atoms with Gasteiger partial charge in [-0.2, -0.15) is 0 Å². The van der Waals surface area contributed by atoms with Crippen molar-refractivity contribution in [1.29, 1.82) is 0 Å². The van der Waals surface area contributed by atoms with Crippen LogP contribution in [0.5, 0.6) is 17.2 Å². The van der Waals surface area contributed by atoms with Crippen LogP contribution in [-0.2, 0) is 11.3 Å². The second-order valence-corrected chi connectivity index (χ2v) is 7.94. The Morgan fingerprint density at radius 1 is 1.14 bits per heavy atom. The molecule has 0 aliphatic carbocycles. The summed E-state index contributed by atoms with van der Waals surface area (Å²) in [5.41, 5.74) is -0.111. The van der Waals surface area contributed by atoms with Crippen LogP contribution in [-0.4, -0.2) is 57.9 Å². The van der Waals surface area contributed by atoms with Crippen molar-refractivity contribution >= 4 is 11.7 Å². The van der Waals surface area contributed by atoms with Gasteiger partial charge < -0.3 is 24.1 Å². The van der Waals surface area contributed by atoms with Crippen molar-refractivity contribution in [2.24, 2.45) is 0 Å². The highest BCUT2D eigenvalue weighted by Gasteiger charge is 2.33. The average Bonchev–Trinajstić information content (AvgIpc) is 3.27. The van der Waals surface area contributed by atoms with Gasteiger partial charge in [0.25, 0.3) is 5.69 Å². The number of nitro benzene ring substituents is 1.